The molecular weight excluding hydrogens is 292 g/mol. The Labute approximate surface area is 122 Å². The number of rotatable bonds is 3. The summed E-state index contributed by atoms with van der Waals surface area (Å²) in [6, 6.07) is 7.84. The summed E-state index contributed by atoms with van der Waals surface area (Å²) < 4.78 is 1.50. The SMILES string of the molecule is Cc1nc(Sc2nnnn2-c2ccc(O)cc2)cc(=O)[nH]1. The molecule has 0 bridgehead atoms. The summed E-state index contributed by atoms with van der Waals surface area (Å²) in [5.74, 6) is 0.682. The van der Waals surface area contributed by atoms with Gasteiger partial charge in [0.2, 0.25) is 5.16 Å². The van der Waals surface area contributed by atoms with Gasteiger partial charge in [-0.1, -0.05) is 0 Å². The average Bonchev–Trinajstić information content (AvgIpc) is 2.86. The molecule has 0 saturated heterocycles. The number of nitrogens with one attached hydrogen (secondary N) is 1. The molecule has 2 heterocycles. The van der Waals surface area contributed by atoms with Crippen molar-refractivity contribution < 1.29 is 5.11 Å². The Morgan fingerprint density at radius 2 is 2.05 bits per heavy atom. The Hall–Kier alpha value is -2.68. The highest BCUT2D eigenvalue weighted by Gasteiger charge is 2.11. The van der Waals surface area contributed by atoms with Crippen molar-refractivity contribution in [3.05, 3.63) is 46.5 Å². The topological polar surface area (TPSA) is 110 Å². The van der Waals surface area contributed by atoms with Crippen LogP contribution in [0.4, 0.5) is 0 Å². The number of aromatic amines is 1. The molecule has 8 nitrogen and oxygen atoms in total. The lowest BCUT2D eigenvalue weighted by atomic mass is 10.3. The van der Waals surface area contributed by atoms with Gasteiger partial charge in [0.05, 0.1) is 5.69 Å². The van der Waals surface area contributed by atoms with Crippen molar-refractivity contribution in [1.82, 2.24) is 30.2 Å². The molecular formula is C12H10N6O2S. The van der Waals surface area contributed by atoms with Crippen LogP contribution in [0, 0.1) is 6.92 Å². The highest BCUT2D eigenvalue weighted by molar-refractivity contribution is 7.99. The van der Waals surface area contributed by atoms with Gasteiger partial charge >= 0.3 is 0 Å². The predicted octanol–water partition coefficient (Wildman–Crippen LogP) is 0.911. The normalized spacial score (nSPS) is 10.7. The van der Waals surface area contributed by atoms with Gasteiger partial charge in [0.25, 0.3) is 5.56 Å². The molecule has 0 amide bonds. The summed E-state index contributed by atoms with van der Waals surface area (Å²) >= 11 is 1.18. The zero-order chi connectivity index (χ0) is 14.8. The number of tetrazole rings is 1. The number of aryl methyl sites for hydroxylation is 1. The fourth-order valence-electron chi connectivity index (χ4n) is 1.70. The number of phenolic OH excluding ortho intramolecular Hbond substituents is 1. The van der Waals surface area contributed by atoms with Crippen LogP contribution in [-0.2, 0) is 0 Å². The van der Waals surface area contributed by atoms with Crippen molar-refractivity contribution in [2.45, 2.75) is 17.1 Å². The standard InChI is InChI=1S/C12H10N6O2S/c1-7-13-10(20)6-11(14-7)21-12-15-16-17-18(12)8-2-4-9(19)5-3-8/h2-6,19H,1H3,(H,13,14,20). The van der Waals surface area contributed by atoms with Crippen molar-refractivity contribution in [3.63, 3.8) is 0 Å². The summed E-state index contributed by atoms with van der Waals surface area (Å²) in [7, 11) is 0. The molecule has 0 aliphatic heterocycles. The van der Waals surface area contributed by atoms with Gasteiger partial charge in [-0.15, -0.1) is 5.10 Å². The lowest BCUT2D eigenvalue weighted by Crippen LogP contribution is -2.08. The molecule has 2 N–H and O–H groups in total. The van der Waals surface area contributed by atoms with E-state index in [1.165, 1.54) is 22.5 Å². The number of aromatic nitrogens is 6. The van der Waals surface area contributed by atoms with E-state index in [-0.39, 0.29) is 11.3 Å². The third-order valence-electron chi connectivity index (χ3n) is 2.57. The van der Waals surface area contributed by atoms with Crippen molar-refractivity contribution >= 4 is 11.8 Å². The second kappa shape index (κ2) is 5.37. The van der Waals surface area contributed by atoms with Crippen LogP contribution in [0.5, 0.6) is 5.75 Å². The van der Waals surface area contributed by atoms with Gasteiger partial charge in [0.1, 0.15) is 16.6 Å². The number of aromatic hydroxyl groups is 1. The van der Waals surface area contributed by atoms with E-state index in [1.54, 1.807) is 31.2 Å². The first kappa shape index (κ1) is 13.3. The van der Waals surface area contributed by atoms with Crippen LogP contribution in [0.3, 0.4) is 0 Å². The molecule has 2 aromatic heterocycles. The number of hydrogen-bond acceptors (Lipinski definition) is 7. The second-order valence-corrected chi connectivity index (χ2v) is 5.15. The van der Waals surface area contributed by atoms with E-state index in [0.717, 1.165) is 0 Å². The van der Waals surface area contributed by atoms with Crippen LogP contribution in [0.1, 0.15) is 5.82 Å². The fraction of sp³-hybridized carbons (Fsp3) is 0.0833. The maximum atomic E-state index is 11.4. The number of phenols is 1. The zero-order valence-electron chi connectivity index (χ0n) is 10.9. The zero-order valence-corrected chi connectivity index (χ0v) is 11.7. The van der Waals surface area contributed by atoms with Gasteiger partial charge in [-0.25, -0.2) is 4.98 Å². The van der Waals surface area contributed by atoms with Crippen LogP contribution in [0.15, 0.2) is 45.3 Å². The summed E-state index contributed by atoms with van der Waals surface area (Å²) in [6.45, 7) is 1.70. The van der Waals surface area contributed by atoms with E-state index in [0.29, 0.717) is 21.7 Å². The lowest BCUT2D eigenvalue weighted by molar-refractivity contribution is 0.475. The first-order valence-electron chi connectivity index (χ1n) is 5.95. The summed E-state index contributed by atoms with van der Waals surface area (Å²) in [6.07, 6.45) is 0. The Bertz CT molecular complexity index is 826. The van der Waals surface area contributed by atoms with E-state index < -0.39 is 0 Å². The molecule has 0 aliphatic carbocycles. The maximum absolute atomic E-state index is 11.4. The van der Waals surface area contributed by atoms with Gasteiger partial charge in [-0.3, -0.25) is 4.79 Å². The number of H-pyrrole nitrogens is 1. The molecule has 0 spiro atoms. The molecule has 0 unspecified atom stereocenters. The summed E-state index contributed by atoms with van der Waals surface area (Å²) in [5.41, 5.74) is 0.468. The van der Waals surface area contributed by atoms with Gasteiger partial charge in [0, 0.05) is 6.07 Å². The Morgan fingerprint density at radius 1 is 1.29 bits per heavy atom. The minimum absolute atomic E-state index is 0.160. The largest absolute Gasteiger partial charge is 0.508 e. The fourth-order valence-corrected chi connectivity index (χ4v) is 2.54. The number of benzene rings is 1. The molecule has 1 aromatic carbocycles. The van der Waals surface area contributed by atoms with Crippen LogP contribution in [0.2, 0.25) is 0 Å². The number of hydrogen-bond donors (Lipinski definition) is 2. The van der Waals surface area contributed by atoms with E-state index in [2.05, 4.69) is 25.5 Å². The minimum atomic E-state index is -0.228. The second-order valence-electron chi connectivity index (χ2n) is 4.16. The van der Waals surface area contributed by atoms with Gasteiger partial charge < -0.3 is 10.1 Å². The van der Waals surface area contributed by atoms with Crippen molar-refractivity contribution in [1.29, 1.82) is 0 Å². The Morgan fingerprint density at radius 3 is 2.76 bits per heavy atom. The first-order chi connectivity index (χ1) is 10.1. The quantitative estimate of drug-likeness (QED) is 0.692. The molecule has 3 aromatic rings. The van der Waals surface area contributed by atoms with Crippen LogP contribution in [-0.4, -0.2) is 35.3 Å². The van der Waals surface area contributed by atoms with Gasteiger partial charge in [-0.2, -0.15) is 4.68 Å². The molecule has 106 valence electrons. The lowest BCUT2D eigenvalue weighted by Gasteiger charge is -2.04. The molecule has 3 rings (SSSR count). The molecule has 0 saturated carbocycles. The van der Waals surface area contributed by atoms with Crippen molar-refractivity contribution in [3.8, 4) is 11.4 Å². The molecule has 0 atom stereocenters. The van der Waals surface area contributed by atoms with E-state index in [9.17, 15) is 9.90 Å². The van der Waals surface area contributed by atoms with E-state index >= 15 is 0 Å². The van der Waals surface area contributed by atoms with E-state index in [4.69, 9.17) is 0 Å². The van der Waals surface area contributed by atoms with Gasteiger partial charge in [0.15, 0.2) is 0 Å². The molecule has 0 fully saturated rings. The molecule has 21 heavy (non-hydrogen) atoms. The third kappa shape index (κ3) is 2.92. The maximum Gasteiger partial charge on any atom is 0.251 e. The number of nitrogens with zero attached hydrogens (tertiary/aromatic N) is 5. The van der Waals surface area contributed by atoms with Crippen molar-refractivity contribution in [2.75, 3.05) is 0 Å². The first-order valence-corrected chi connectivity index (χ1v) is 6.77. The average molecular weight is 302 g/mol. The summed E-state index contributed by atoms with van der Waals surface area (Å²) in [5, 5.41) is 21.7. The molecule has 9 heteroatoms. The Balaban J connectivity index is 1.95. The van der Waals surface area contributed by atoms with Crippen LogP contribution in [0.25, 0.3) is 5.69 Å². The predicted molar refractivity (Wildman–Crippen MR) is 74.5 cm³/mol. The highest BCUT2D eigenvalue weighted by Crippen LogP contribution is 2.24. The third-order valence-corrected chi connectivity index (χ3v) is 3.42. The van der Waals surface area contributed by atoms with Crippen LogP contribution >= 0.6 is 11.8 Å². The van der Waals surface area contributed by atoms with Crippen LogP contribution < -0.4 is 5.56 Å². The minimum Gasteiger partial charge on any atom is -0.508 e. The smallest absolute Gasteiger partial charge is 0.251 e. The monoisotopic (exact) mass is 302 g/mol. The molecule has 0 aliphatic rings. The Kier molecular flexibility index (Phi) is 3.40. The van der Waals surface area contributed by atoms with E-state index in [1.807, 2.05) is 0 Å². The highest BCUT2D eigenvalue weighted by atomic mass is 32.2. The molecule has 0 radical (unpaired) electrons. The van der Waals surface area contributed by atoms with Crippen molar-refractivity contribution in [2.24, 2.45) is 0 Å². The van der Waals surface area contributed by atoms with Gasteiger partial charge in [-0.05, 0) is 53.4 Å². The summed E-state index contributed by atoms with van der Waals surface area (Å²) in [4.78, 5) is 18.2.